The summed E-state index contributed by atoms with van der Waals surface area (Å²) in [7, 11) is 0. The van der Waals surface area contributed by atoms with Crippen LogP contribution >= 0.6 is 0 Å². The van der Waals surface area contributed by atoms with Gasteiger partial charge in [0.2, 0.25) is 11.6 Å². The average molecular weight is 257 g/mol. The van der Waals surface area contributed by atoms with E-state index in [1.807, 2.05) is 6.92 Å². The largest absolute Gasteiger partial charge is 0.475 e. The monoisotopic (exact) mass is 257 g/mol. The second-order valence-corrected chi connectivity index (χ2v) is 3.58. The molecule has 0 atom stereocenters. The van der Waals surface area contributed by atoms with E-state index in [1.165, 1.54) is 6.07 Å². The zero-order valence-corrected chi connectivity index (χ0v) is 9.83. The first-order valence-electron chi connectivity index (χ1n) is 5.48. The Bertz CT molecular complexity index is 554. The molecule has 0 unspecified atom stereocenters. The second kappa shape index (κ2) is 5.32. The molecule has 98 valence electrons. The van der Waals surface area contributed by atoms with Gasteiger partial charge in [-0.25, -0.2) is 0 Å². The van der Waals surface area contributed by atoms with E-state index in [-0.39, 0.29) is 24.7 Å². The topological polar surface area (TPSA) is 57.6 Å². The van der Waals surface area contributed by atoms with Gasteiger partial charge in [-0.05, 0) is 19.1 Å². The Labute approximate surface area is 102 Å². The van der Waals surface area contributed by atoms with E-state index in [2.05, 4.69) is 0 Å². The molecule has 0 saturated heterocycles. The Morgan fingerprint density at radius 3 is 2.72 bits per heavy atom. The molecule has 1 heterocycles. The first-order chi connectivity index (χ1) is 8.67. The predicted octanol–water partition coefficient (Wildman–Crippen LogP) is 2.54. The minimum Gasteiger partial charge on any atom is -0.475 e. The fourth-order valence-corrected chi connectivity index (χ4v) is 1.62. The lowest BCUT2D eigenvalue weighted by molar-refractivity contribution is 0.119. The summed E-state index contributed by atoms with van der Waals surface area (Å²) in [4.78, 5) is 0. The number of ether oxygens (including phenoxy) is 2. The molecule has 2 N–H and O–H groups in total. The number of furan rings is 1. The van der Waals surface area contributed by atoms with Crippen LogP contribution in [0.4, 0.5) is 8.78 Å². The maximum atomic E-state index is 13.7. The maximum Gasteiger partial charge on any atom is 0.205 e. The minimum absolute atomic E-state index is 0.147. The lowest BCUT2D eigenvalue weighted by Crippen LogP contribution is -2.09. The summed E-state index contributed by atoms with van der Waals surface area (Å²) in [6, 6.07) is 2.93. The van der Waals surface area contributed by atoms with Gasteiger partial charge in [0.05, 0.1) is 0 Å². The number of halogens is 2. The van der Waals surface area contributed by atoms with Gasteiger partial charge >= 0.3 is 0 Å². The highest BCUT2D eigenvalue weighted by atomic mass is 19.2. The quantitative estimate of drug-likeness (QED) is 0.836. The molecule has 18 heavy (non-hydrogen) atoms. The van der Waals surface area contributed by atoms with E-state index in [1.54, 1.807) is 6.07 Å². The van der Waals surface area contributed by atoms with Crippen molar-refractivity contribution in [1.82, 2.24) is 0 Å². The van der Waals surface area contributed by atoms with Crippen molar-refractivity contribution in [3.63, 3.8) is 0 Å². The number of hydrogen-bond donors (Lipinski definition) is 1. The third kappa shape index (κ3) is 2.30. The van der Waals surface area contributed by atoms with E-state index in [0.29, 0.717) is 17.8 Å². The first kappa shape index (κ1) is 12.8. The molecule has 0 bridgehead atoms. The summed E-state index contributed by atoms with van der Waals surface area (Å²) < 4.78 is 42.3. The van der Waals surface area contributed by atoms with Gasteiger partial charge in [0.25, 0.3) is 0 Å². The fourth-order valence-electron chi connectivity index (χ4n) is 1.62. The van der Waals surface area contributed by atoms with Crippen LogP contribution in [0, 0.1) is 11.6 Å². The maximum absolute atomic E-state index is 13.7. The molecular weight excluding hydrogens is 244 g/mol. The minimum atomic E-state index is -1.11. The van der Waals surface area contributed by atoms with Gasteiger partial charge in [-0.3, -0.25) is 5.73 Å². The third-order valence-corrected chi connectivity index (χ3v) is 2.39. The van der Waals surface area contributed by atoms with Gasteiger partial charge in [-0.2, -0.15) is 8.78 Å². The molecule has 0 spiro atoms. The van der Waals surface area contributed by atoms with Crippen LogP contribution in [0.2, 0.25) is 0 Å². The van der Waals surface area contributed by atoms with E-state index in [9.17, 15) is 8.78 Å². The number of hydrogen-bond acceptors (Lipinski definition) is 4. The zero-order chi connectivity index (χ0) is 13.1. The van der Waals surface area contributed by atoms with Crippen LogP contribution in [-0.2, 0) is 11.3 Å². The number of fused-ring (bicyclic) bond motifs is 1. The first-order valence-corrected chi connectivity index (χ1v) is 5.48. The van der Waals surface area contributed by atoms with Crippen molar-refractivity contribution < 1.29 is 22.7 Å². The van der Waals surface area contributed by atoms with E-state index in [0.717, 1.165) is 0 Å². The SMILES string of the molecule is CCOCc1cc2cc(OCN)c(F)c(F)c2o1. The summed E-state index contributed by atoms with van der Waals surface area (Å²) in [5.74, 6) is -2.00. The molecule has 0 aliphatic carbocycles. The van der Waals surface area contributed by atoms with Crippen LogP contribution in [-0.4, -0.2) is 13.3 Å². The Morgan fingerprint density at radius 1 is 1.28 bits per heavy atom. The van der Waals surface area contributed by atoms with Crippen molar-refractivity contribution in [2.24, 2.45) is 5.73 Å². The molecule has 0 aliphatic rings. The van der Waals surface area contributed by atoms with E-state index in [4.69, 9.17) is 19.6 Å². The van der Waals surface area contributed by atoms with Gasteiger partial charge in [0, 0.05) is 12.0 Å². The smallest absolute Gasteiger partial charge is 0.205 e. The van der Waals surface area contributed by atoms with Crippen molar-refractivity contribution >= 4 is 11.0 Å². The van der Waals surface area contributed by atoms with Crippen molar-refractivity contribution in [1.29, 1.82) is 0 Å². The van der Waals surface area contributed by atoms with Gasteiger partial charge in [0.1, 0.15) is 19.1 Å². The van der Waals surface area contributed by atoms with Crippen LogP contribution in [0.25, 0.3) is 11.0 Å². The number of nitrogens with two attached hydrogens (primary N) is 1. The summed E-state index contributed by atoms with van der Waals surface area (Å²) >= 11 is 0. The van der Waals surface area contributed by atoms with E-state index >= 15 is 0 Å². The average Bonchev–Trinajstić information content (AvgIpc) is 2.76. The molecule has 0 radical (unpaired) electrons. The highest BCUT2D eigenvalue weighted by Crippen LogP contribution is 2.31. The zero-order valence-electron chi connectivity index (χ0n) is 9.83. The molecular formula is C12H13F2NO3. The number of benzene rings is 1. The van der Waals surface area contributed by atoms with Crippen molar-refractivity contribution in [2.45, 2.75) is 13.5 Å². The van der Waals surface area contributed by atoms with Crippen molar-refractivity contribution in [2.75, 3.05) is 13.3 Å². The van der Waals surface area contributed by atoms with Crippen LogP contribution in [0.5, 0.6) is 5.75 Å². The Kier molecular flexibility index (Phi) is 3.78. The third-order valence-electron chi connectivity index (χ3n) is 2.39. The van der Waals surface area contributed by atoms with E-state index < -0.39 is 11.6 Å². The normalized spacial score (nSPS) is 11.1. The van der Waals surface area contributed by atoms with Crippen LogP contribution < -0.4 is 10.5 Å². The Hall–Kier alpha value is -1.66. The van der Waals surface area contributed by atoms with Crippen molar-refractivity contribution in [3.8, 4) is 5.75 Å². The molecule has 2 aromatic rings. The molecule has 1 aromatic carbocycles. The lowest BCUT2D eigenvalue weighted by Gasteiger charge is -2.04. The van der Waals surface area contributed by atoms with Gasteiger partial charge in [-0.15, -0.1) is 0 Å². The summed E-state index contributed by atoms with van der Waals surface area (Å²) in [6.07, 6.45) is 0. The molecule has 4 nitrogen and oxygen atoms in total. The molecule has 0 saturated carbocycles. The van der Waals surface area contributed by atoms with Crippen LogP contribution in [0.15, 0.2) is 16.5 Å². The predicted molar refractivity (Wildman–Crippen MR) is 61.1 cm³/mol. The van der Waals surface area contributed by atoms with Gasteiger partial charge in [-0.1, -0.05) is 0 Å². The standard InChI is InChI=1S/C12H13F2NO3/c1-2-16-5-8-3-7-4-9(17-6-15)10(13)11(14)12(7)18-8/h3-4H,2,5-6,15H2,1H3. The summed E-state index contributed by atoms with van der Waals surface area (Å²) in [5, 5.41) is 0.409. The molecule has 0 aliphatic heterocycles. The Morgan fingerprint density at radius 2 is 2.06 bits per heavy atom. The molecule has 1 aromatic heterocycles. The Balaban J connectivity index is 2.45. The van der Waals surface area contributed by atoms with Gasteiger partial charge in [0.15, 0.2) is 11.3 Å². The second-order valence-electron chi connectivity index (χ2n) is 3.58. The molecule has 0 amide bonds. The van der Waals surface area contributed by atoms with Crippen LogP contribution in [0.1, 0.15) is 12.7 Å². The number of rotatable bonds is 5. The molecule has 6 heteroatoms. The highest BCUT2D eigenvalue weighted by Gasteiger charge is 2.18. The molecule has 0 fully saturated rings. The summed E-state index contributed by atoms with van der Waals surface area (Å²) in [5.41, 5.74) is 4.99. The highest BCUT2D eigenvalue weighted by molar-refractivity contribution is 5.80. The fraction of sp³-hybridized carbons (Fsp3) is 0.333. The summed E-state index contributed by atoms with van der Waals surface area (Å²) in [6.45, 7) is 2.32. The van der Waals surface area contributed by atoms with Crippen molar-refractivity contribution in [3.05, 3.63) is 29.5 Å². The van der Waals surface area contributed by atoms with Gasteiger partial charge < -0.3 is 13.9 Å². The molecule has 2 rings (SSSR count). The van der Waals surface area contributed by atoms with Crippen LogP contribution in [0.3, 0.4) is 0 Å². The lowest BCUT2D eigenvalue weighted by atomic mass is 10.2.